The van der Waals surface area contributed by atoms with Crippen LogP contribution in [0, 0.1) is 0 Å². The van der Waals surface area contributed by atoms with Crippen molar-refractivity contribution in [3.8, 4) is 0 Å². The molecule has 0 fully saturated rings. The van der Waals surface area contributed by atoms with Gasteiger partial charge < -0.3 is 5.11 Å². The van der Waals surface area contributed by atoms with Gasteiger partial charge in [-0.05, 0) is 31.2 Å². The minimum Gasteiger partial charge on any atom is -0.481 e. The van der Waals surface area contributed by atoms with Crippen molar-refractivity contribution in [1.29, 1.82) is 0 Å². The Hall–Kier alpha value is -3.33. The third-order valence-corrected chi connectivity index (χ3v) is 5.16. The number of anilines is 1. The van der Waals surface area contributed by atoms with Crippen molar-refractivity contribution in [2.75, 3.05) is 11.4 Å². The van der Waals surface area contributed by atoms with Gasteiger partial charge >= 0.3 is 5.97 Å². The summed E-state index contributed by atoms with van der Waals surface area (Å²) in [5.41, 5.74) is 0.873. The predicted octanol–water partition coefficient (Wildman–Crippen LogP) is 2.87. The highest BCUT2D eigenvalue weighted by Crippen LogP contribution is 2.22. The Kier molecular flexibility index (Phi) is 6.18. The van der Waals surface area contributed by atoms with Crippen molar-refractivity contribution in [2.45, 2.75) is 26.8 Å². The molecule has 0 aliphatic rings. The first-order chi connectivity index (χ1) is 13.9. The SMILES string of the molecule is CCN(C(C)=O)c1nc(/C=C/c2nc3ccccc3c(=O)n2CCC(=O)O)cs1. The summed E-state index contributed by atoms with van der Waals surface area (Å²) in [6, 6.07) is 6.94. The molecule has 3 aromatic rings. The molecule has 9 heteroatoms. The van der Waals surface area contributed by atoms with Crippen LogP contribution in [0.15, 0.2) is 34.4 Å². The molecule has 0 spiro atoms. The van der Waals surface area contributed by atoms with Gasteiger partial charge in [-0.2, -0.15) is 0 Å². The minimum absolute atomic E-state index is 0.0158. The van der Waals surface area contributed by atoms with Crippen molar-refractivity contribution in [3.63, 3.8) is 0 Å². The zero-order valence-corrected chi connectivity index (χ0v) is 16.8. The fourth-order valence-electron chi connectivity index (χ4n) is 2.87. The summed E-state index contributed by atoms with van der Waals surface area (Å²) in [7, 11) is 0. The topological polar surface area (TPSA) is 105 Å². The lowest BCUT2D eigenvalue weighted by Crippen LogP contribution is -2.27. The van der Waals surface area contributed by atoms with E-state index in [2.05, 4.69) is 9.97 Å². The van der Waals surface area contributed by atoms with Gasteiger partial charge in [0, 0.05) is 25.4 Å². The number of amides is 1. The highest BCUT2D eigenvalue weighted by atomic mass is 32.1. The van der Waals surface area contributed by atoms with Crippen LogP contribution in [0.5, 0.6) is 0 Å². The molecule has 1 aromatic carbocycles. The molecule has 0 saturated heterocycles. The largest absolute Gasteiger partial charge is 0.481 e. The molecule has 1 N–H and O–H groups in total. The molecular weight excluding hydrogens is 392 g/mol. The van der Waals surface area contributed by atoms with Gasteiger partial charge in [-0.3, -0.25) is 23.9 Å². The first kappa shape index (κ1) is 20.4. The van der Waals surface area contributed by atoms with E-state index in [9.17, 15) is 14.4 Å². The molecule has 2 aromatic heterocycles. The van der Waals surface area contributed by atoms with Crippen LogP contribution in [0.3, 0.4) is 0 Å². The van der Waals surface area contributed by atoms with E-state index in [1.807, 2.05) is 6.92 Å². The van der Waals surface area contributed by atoms with E-state index < -0.39 is 5.97 Å². The molecule has 0 unspecified atom stereocenters. The number of carboxylic acid groups (broad SMARTS) is 1. The second-order valence-electron chi connectivity index (χ2n) is 6.24. The summed E-state index contributed by atoms with van der Waals surface area (Å²) in [6.45, 7) is 3.90. The van der Waals surface area contributed by atoms with Gasteiger partial charge in [0.25, 0.3) is 5.56 Å². The van der Waals surface area contributed by atoms with Crippen LogP contribution in [-0.2, 0) is 16.1 Å². The number of aliphatic carboxylic acids is 1. The van der Waals surface area contributed by atoms with Crippen LogP contribution in [0.4, 0.5) is 5.13 Å². The van der Waals surface area contributed by atoms with Crippen molar-refractivity contribution in [1.82, 2.24) is 14.5 Å². The van der Waals surface area contributed by atoms with E-state index in [0.29, 0.717) is 34.1 Å². The number of carbonyl (C=O) groups excluding carboxylic acids is 1. The smallest absolute Gasteiger partial charge is 0.305 e. The maximum atomic E-state index is 12.8. The third-order valence-electron chi connectivity index (χ3n) is 4.28. The number of fused-ring (bicyclic) bond motifs is 1. The van der Waals surface area contributed by atoms with Gasteiger partial charge in [0.1, 0.15) is 5.82 Å². The maximum Gasteiger partial charge on any atom is 0.305 e. The summed E-state index contributed by atoms with van der Waals surface area (Å²) in [5, 5.41) is 11.8. The van der Waals surface area contributed by atoms with E-state index in [-0.39, 0.29) is 24.4 Å². The van der Waals surface area contributed by atoms with Crippen LogP contribution >= 0.6 is 11.3 Å². The number of rotatable bonds is 7. The fraction of sp³-hybridized carbons (Fsp3) is 0.250. The number of nitrogens with zero attached hydrogens (tertiary/aromatic N) is 4. The molecule has 0 radical (unpaired) electrons. The van der Waals surface area contributed by atoms with Crippen molar-refractivity contribution in [2.24, 2.45) is 0 Å². The summed E-state index contributed by atoms with van der Waals surface area (Å²) in [6.07, 6.45) is 3.14. The van der Waals surface area contributed by atoms with Crippen LogP contribution in [0.2, 0.25) is 0 Å². The molecule has 8 nitrogen and oxygen atoms in total. The van der Waals surface area contributed by atoms with E-state index in [0.717, 1.165) is 0 Å². The average molecular weight is 412 g/mol. The lowest BCUT2D eigenvalue weighted by atomic mass is 10.2. The van der Waals surface area contributed by atoms with Gasteiger partial charge in [0.15, 0.2) is 5.13 Å². The monoisotopic (exact) mass is 412 g/mol. The van der Waals surface area contributed by atoms with Crippen LogP contribution < -0.4 is 10.5 Å². The zero-order valence-electron chi connectivity index (χ0n) is 16.0. The van der Waals surface area contributed by atoms with Crippen LogP contribution in [0.1, 0.15) is 31.8 Å². The molecule has 0 aliphatic carbocycles. The number of carboxylic acids is 1. The summed E-state index contributed by atoms with van der Waals surface area (Å²) in [5.74, 6) is -0.729. The minimum atomic E-state index is -0.993. The fourth-order valence-corrected chi connectivity index (χ4v) is 3.77. The number of carbonyl (C=O) groups is 2. The van der Waals surface area contributed by atoms with E-state index in [1.54, 1.807) is 46.7 Å². The molecule has 2 heterocycles. The van der Waals surface area contributed by atoms with E-state index in [4.69, 9.17) is 5.11 Å². The predicted molar refractivity (Wildman–Crippen MR) is 113 cm³/mol. The quantitative estimate of drug-likeness (QED) is 0.640. The first-order valence-corrected chi connectivity index (χ1v) is 9.91. The molecule has 1 amide bonds. The number of hydrogen-bond acceptors (Lipinski definition) is 6. The molecule has 0 aliphatic heterocycles. The van der Waals surface area contributed by atoms with Crippen LogP contribution in [-0.4, -0.2) is 38.1 Å². The van der Waals surface area contributed by atoms with Gasteiger partial charge in [0.05, 0.1) is 23.0 Å². The maximum absolute atomic E-state index is 12.8. The second-order valence-corrected chi connectivity index (χ2v) is 7.08. The Morgan fingerprint density at radius 1 is 1.24 bits per heavy atom. The number of aromatic nitrogens is 3. The molecule has 0 atom stereocenters. The summed E-state index contributed by atoms with van der Waals surface area (Å²) >= 11 is 1.35. The molecular formula is C20H20N4O4S. The lowest BCUT2D eigenvalue weighted by molar-refractivity contribution is -0.137. The molecule has 0 bridgehead atoms. The van der Waals surface area contributed by atoms with Crippen LogP contribution in [0.25, 0.3) is 23.1 Å². The normalized spacial score (nSPS) is 11.2. The Bertz CT molecular complexity index is 1150. The number of benzene rings is 1. The second kappa shape index (κ2) is 8.78. The average Bonchev–Trinajstić information content (AvgIpc) is 3.14. The van der Waals surface area contributed by atoms with Crippen molar-refractivity contribution < 1.29 is 14.7 Å². The first-order valence-electron chi connectivity index (χ1n) is 9.03. The summed E-state index contributed by atoms with van der Waals surface area (Å²) < 4.78 is 1.36. The van der Waals surface area contributed by atoms with Gasteiger partial charge in [-0.1, -0.05) is 12.1 Å². The van der Waals surface area contributed by atoms with E-state index in [1.165, 1.54) is 22.8 Å². The molecule has 29 heavy (non-hydrogen) atoms. The highest BCUT2D eigenvalue weighted by Gasteiger charge is 2.13. The zero-order chi connectivity index (χ0) is 21.0. The third kappa shape index (κ3) is 4.57. The van der Waals surface area contributed by atoms with Gasteiger partial charge in [-0.15, -0.1) is 11.3 Å². The number of para-hydroxylation sites is 1. The van der Waals surface area contributed by atoms with Crippen molar-refractivity contribution >= 4 is 51.4 Å². The molecule has 3 rings (SSSR count). The highest BCUT2D eigenvalue weighted by molar-refractivity contribution is 7.14. The molecule has 0 saturated carbocycles. The number of hydrogen-bond donors (Lipinski definition) is 1. The standard InChI is InChI=1S/C20H20N4O4S/c1-3-23(13(2)25)20-21-14(12-29-20)8-9-17-22-16-7-5-4-6-15(16)19(28)24(17)11-10-18(26)27/h4-9,12H,3,10-11H2,1-2H3,(H,26,27)/b9-8+. The van der Waals surface area contributed by atoms with Crippen molar-refractivity contribution in [3.05, 3.63) is 51.5 Å². The number of thiazole rings is 1. The Labute approximate surface area is 170 Å². The van der Waals surface area contributed by atoms with Gasteiger partial charge in [0.2, 0.25) is 5.91 Å². The molecule has 150 valence electrons. The Morgan fingerprint density at radius 2 is 2.00 bits per heavy atom. The van der Waals surface area contributed by atoms with Gasteiger partial charge in [-0.25, -0.2) is 9.97 Å². The Morgan fingerprint density at radius 3 is 2.69 bits per heavy atom. The van der Waals surface area contributed by atoms with E-state index >= 15 is 0 Å². The Balaban J connectivity index is 1.99. The summed E-state index contributed by atoms with van der Waals surface area (Å²) in [4.78, 5) is 46.0. The lowest BCUT2D eigenvalue weighted by Gasteiger charge is -2.14.